The van der Waals surface area contributed by atoms with E-state index in [1.165, 1.54) is 32.1 Å². The molecule has 0 spiro atoms. The Morgan fingerprint density at radius 3 is 2.09 bits per heavy atom. The van der Waals surface area contributed by atoms with Crippen molar-refractivity contribution in [1.82, 2.24) is 0 Å². The van der Waals surface area contributed by atoms with E-state index in [1.54, 1.807) is 6.92 Å². The van der Waals surface area contributed by atoms with Crippen LogP contribution in [0.25, 0.3) is 0 Å². The van der Waals surface area contributed by atoms with Crippen LogP contribution in [0.5, 0.6) is 0 Å². The third-order valence-corrected chi connectivity index (χ3v) is 3.54. The summed E-state index contributed by atoms with van der Waals surface area (Å²) >= 11 is 0. The van der Waals surface area contributed by atoms with Gasteiger partial charge in [0.15, 0.2) is 0 Å². The maximum atomic E-state index is 10.4. The minimum atomic E-state index is -4.66. The first-order valence-electron chi connectivity index (χ1n) is 7.79. The standard InChI is InChI=1S/C14H30O6S.Na/c1-3-5-6-7-8-9-10-18-11-12-19-13-14(4-2)20-21(15,16)17;/h14H,3-13H2,1-2H3,(H,15,16,17);/q;+1/p-1. The van der Waals surface area contributed by atoms with Gasteiger partial charge >= 0.3 is 29.6 Å². The number of hydrogen-bond donors (Lipinski definition) is 0. The Morgan fingerprint density at radius 2 is 1.50 bits per heavy atom. The molecule has 0 bridgehead atoms. The summed E-state index contributed by atoms with van der Waals surface area (Å²) in [5, 5.41) is 0. The van der Waals surface area contributed by atoms with Crippen molar-refractivity contribution in [1.29, 1.82) is 0 Å². The van der Waals surface area contributed by atoms with E-state index >= 15 is 0 Å². The summed E-state index contributed by atoms with van der Waals surface area (Å²) in [5.74, 6) is 0. The molecule has 0 saturated carbocycles. The predicted octanol–water partition coefficient (Wildman–Crippen LogP) is -0.360. The summed E-state index contributed by atoms with van der Waals surface area (Å²) in [7, 11) is -4.66. The largest absolute Gasteiger partial charge is 1.00 e. The number of unbranched alkanes of at least 4 members (excludes halogenated alkanes) is 5. The molecule has 0 aliphatic rings. The van der Waals surface area contributed by atoms with Gasteiger partial charge in [-0.3, -0.25) is 4.18 Å². The Kier molecular flexibility index (Phi) is 18.9. The summed E-state index contributed by atoms with van der Waals surface area (Å²) in [5.41, 5.74) is 0. The molecule has 0 amide bonds. The van der Waals surface area contributed by atoms with Crippen molar-refractivity contribution in [3.63, 3.8) is 0 Å². The quantitative estimate of drug-likeness (QED) is 0.174. The van der Waals surface area contributed by atoms with Gasteiger partial charge in [0.25, 0.3) is 0 Å². The van der Waals surface area contributed by atoms with E-state index in [1.807, 2.05) is 0 Å². The van der Waals surface area contributed by atoms with Crippen LogP contribution in [0.15, 0.2) is 0 Å². The molecule has 1 atom stereocenters. The van der Waals surface area contributed by atoms with Crippen molar-refractivity contribution in [2.24, 2.45) is 0 Å². The molecule has 0 aromatic rings. The Labute approximate surface area is 157 Å². The molecule has 1 unspecified atom stereocenters. The number of ether oxygens (including phenoxy) is 2. The van der Waals surface area contributed by atoms with Gasteiger partial charge in [-0.2, -0.15) is 0 Å². The molecule has 0 saturated heterocycles. The van der Waals surface area contributed by atoms with Crippen molar-refractivity contribution in [3.8, 4) is 0 Å². The fraction of sp³-hybridized carbons (Fsp3) is 1.00. The fourth-order valence-corrected chi connectivity index (χ4v) is 2.32. The summed E-state index contributed by atoms with van der Waals surface area (Å²) in [6.45, 7) is 5.57. The minimum Gasteiger partial charge on any atom is -0.726 e. The topological polar surface area (TPSA) is 84.9 Å². The van der Waals surface area contributed by atoms with Crippen LogP contribution in [0.4, 0.5) is 0 Å². The average molecular weight is 348 g/mol. The Bertz CT molecular complexity index is 323. The Morgan fingerprint density at radius 1 is 0.909 bits per heavy atom. The van der Waals surface area contributed by atoms with Crippen LogP contribution in [0, 0.1) is 0 Å². The Hall–Kier alpha value is 0.790. The second kappa shape index (κ2) is 16.6. The van der Waals surface area contributed by atoms with Crippen LogP contribution in [0.3, 0.4) is 0 Å². The SMILES string of the molecule is CCCCCCCCOCCOCC(CC)OS(=O)(=O)[O-].[Na+]. The summed E-state index contributed by atoms with van der Waals surface area (Å²) < 4.78 is 46.3. The molecule has 0 radical (unpaired) electrons. The molecule has 22 heavy (non-hydrogen) atoms. The van der Waals surface area contributed by atoms with Crippen LogP contribution in [-0.2, 0) is 24.1 Å². The van der Waals surface area contributed by atoms with Gasteiger partial charge in [0.1, 0.15) is 0 Å². The molecule has 0 aromatic heterocycles. The second-order valence-corrected chi connectivity index (χ2v) is 6.00. The zero-order valence-corrected chi connectivity index (χ0v) is 17.0. The maximum absolute atomic E-state index is 10.4. The van der Waals surface area contributed by atoms with Crippen molar-refractivity contribution in [2.45, 2.75) is 64.9 Å². The normalized spacial score (nSPS) is 12.9. The molecule has 0 fully saturated rings. The molecule has 8 heteroatoms. The Balaban J connectivity index is 0. The van der Waals surface area contributed by atoms with E-state index in [4.69, 9.17) is 9.47 Å². The zero-order chi connectivity index (χ0) is 16.0. The van der Waals surface area contributed by atoms with Crippen molar-refractivity contribution < 1.29 is 56.2 Å². The predicted molar refractivity (Wildman–Crippen MR) is 79.9 cm³/mol. The van der Waals surface area contributed by atoms with Crippen LogP contribution in [0.2, 0.25) is 0 Å². The first-order chi connectivity index (χ1) is 9.99. The van der Waals surface area contributed by atoms with Crippen molar-refractivity contribution in [2.75, 3.05) is 26.4 Å². The van der Waals surface area contributed by atoms with E-state index in [9.17, 15) is 13.0 Å². The van der Waals surface area contributed by atoms with E-state index in [-0.39, 0.29) is 36.2 Å². The number of hydrogen-bond acceptors (Lipinski definition) is 6. The van der Waals surface area contributed by atoms with E-state index in [2.05, 4.69) is 11.1 Å². The van der Waals surface area contributed by atoms with Gasteiger partial charge in [0, 0.05) is 6.61 Å². The monoisotopic (exact) mass is 348 g/mol. The van der Waals surface area contributed by atoms with Crippen LogP contribution in [0.1, 0.15) is 58.8 Å². The van der Waals surface area contributed by atoms with Gasteiger partial charge in [-0.15, -0.1) is 0 Å². The molecule has 0 heterocycles. The van der Waals surface area contributed by atoms with Gasteiger partial charge in [-0.1, -0.05) is 46.0 Å². The van der Waals surface area contributed by atoms with Crippen LogP contribution >= 0.6 is 0 Å². The molecule has 6 nitrogen and oxygen atoms in total. The third-order valence-electron chi connectivity index (χ3n) is 3.03. The average Bonchev–Trinajstić information content (AvgIpc) is 2.42. The van der Waals surface area contributed by atoms with Crippen LogP contribution < -0.4 is 29.6 Å². The number of rotatable bonds is 15. The van der Waals surface area contributed by atoms with Gasteiger partial charge in [-0.05, 0) is 12.8 Å². The van der Waals surface area contributed by atoms with E-state index in [0.29, 0.717) is 19.6 Å². The molecular formula is C14H29NaO6S. The van der Waals surface area contributed by atoms with Gasteiger partial charge < -0.3 is 14.0 Å². The zero-order valence-electron chi connectivity index (χ0n) is 14.2. The third kappa shape index (κ3) is 18.8. The summed E-state index contributed by atoms with van der Waals surface area (Å²) in [6.07, 6.45) is 7.03. The molecule has 0 N–H and O–H groups in total. The molecule has 0 aromatic carbocycles. The molecule has 0 rings (SSSR count). The first kappa shape index (κ1) is 25.0. The molecule has 0 aliphatic heterocycles. The smallest absolute Gasteiger partial charge is 0.726 e. The van der Waals surface area contributed by atoms with Crippen molar-refractivity contribution >= 4 is 10.4 Å². The van der Waals surface area contributed by atoms with Crippen molar-refractivity contribution in [3.05, 3.63) is 0 Å². The molecule has 128 valence electrons. The van der Waals surface area contributed by atoms with Gasteiger partial charge in [-0.25, -0.2) is 8.42 Å². The van der Waals surface area contributed by atoms with Gasteiger partial charge in [0.05, 0.1) is 25.9 Å². The second-order valence-electron chi connectivity index (χ2n) is 4.99. The fourth-order valence-electron chi connectivity index (χ4n) is 1.80. The van der Waals surface area contributed by atoms with Gasteiger partial charge in [0.2, 0.25) is 10.4 Å². The first-order valence-corrected chi connectivity index (χ1v) is 9.12. The van der Waals surface area contributed by atoms with E-state index in [0.717, 1.165) is 13.0 Å². The summed E-state index contributed by atoms with van der Waals surface area (Å²) in [6, 6.07) is 0. The molecule has 0 aliphatic carbocycles. The minimum absolute atomic E-state index is 0. The van der Waals surface area contributed by atoms with E-state index < -0.39 is 16.5 Å². The molecular weight excluding hydrogens is 319 g/mol. The summed E-state index contributed by atoms with van der Waals surface area (Å²) in [4.78, 5) is 0. The maximum Gasteiger partial charge on any atom is 1.00 e. The van der Waals surface area contributed by atoms with Crippen LogP contribution in [-0.4, -0.2) is 45.5 Å².